The maximum Gasteiger partial charge on any atom is 0.106 e. The van der Waals surface area contributed by atoms with Crippen LogP contribution in [0.25, 0.3) is 0 Å². The first-order valence-electron chi connectivity index (χ1n) is 4.73. The van der Waals surface area contributed by atoms with E-state index in [2.05, 4.69) is 34.8 Å². The van der Waals surface area contributed by atoms with Crippen molar-refractivity contribution in [2.75, 3.05) is 20.2 Å². The van der Waals surface area contributed by atoms with Gasteiger partial charge in [0.15, 0.2) is 0 Å². The highest BCUT2D eigenvalue weighted by Gasteiger charge is 2.13. The molecule has 1 heterocycles. The molecule has 0 aliphatic carbocycles. The van der Waals surface area contributed by atoms with E-state index in [1.807, 2.05) is 0 Å². The molecule has 0 aromatic carbocycles. The van der Waals surface area contributed by atoms with Crippen LogP contribution in [0.3, 0.4) is 0 Å². The average Bonchev–Trinajstić information content (AvgIpc) is 2.15. The molecular formula is C10H18N2O. The lowest BCUT2D eigenvalue weighted by Gasteiger charge is -2.29. The quantitative estimate of drug-likeness (QED) is 0.490. The SMILES string of the molecule is CON=CC1=CCCN(C(C)C)C1. The average molecular weight is 182 g/mol. The molecule has 13 heavy (non-hydrogen) atoms. The van der Waals surface area contributed by atoms with Gasteiger partial charge in [-0.2, -0.15) is 0 Å². The molecule has 0 fully saturated rings. The van der Waals surface area contributed by atoms with Crippen molar-refractivity contribution >= 4 is 6.21 Å². The summed E-state index contributed by atoms with van der Waals surface area (Å²) in [5.74, 6) is 0. The number of rotatable bonds is 3. The van der Waals surface area contributed by atoms with Gasteiger partial charge in [0, 0.05) is 19.1 Å². The van der Waals surface area contributed by atoms with Gasteiger partial charge in [0.05, 0.1) is 6.21 Å². The van der Waals surface area contributed by atoms with E-state index in [0.29, 0.717) is 6.04 Å². The van der Waals surface area contributed by atoms with Gasteiger partial charge in [0.25, 0.3) is 0 Å². The lowest BCUT2D eigenvalue weighted by atomic mass is 10.1. The van der Waals surface area contributed by atoms with Crippen molar-refractivity contribution in [1.29, 1.82) is 0 Å². The van der Waals surface area contributed by atoms with Crippen LogP contribution in [0.1, 0.15) is 20.3 Å². The van der Waals surface area contributed by atoms with E-state index in [0.717, 1.165) is 19.5 Å². The minimum absolute atomic E-state index is 0.611. The third-order valence-electron chi connectivity index (χ3n) is 2.26. The van der Waals surface area contributed by atoms with Gasteiger partial charge in [-0.25, -0.2) is 0 Å². The Morgan fingerprint density at radius 3 is 3.00 bits per heavy atom. The normalized spacial score (nSPS) is 19.5. The van der Waals surface area contributed by atoms with Gasteiger partial charge < -0.3 is 4.84 Å². The van der Waals surface area contributed by atoms with Crippen LogP contribution in [0.2, 0.25) is 0 Å². The highest BCUT2D eigenvalue weighted by atomic mass is 16.6. The van der Waals surface area contributed by atoms with Crippen LogP contribution in [0.15, 0.2) is 16.8 Å². The topological polar surface area (TPSA) is 24.8 Å². The molecule has 0 amide bonds. The molecule has 0 radical (unpaired) electrons. The maximum atomic E-state index is 4.65. The van der Waals surface area contributed by atoms with E-state index < -0.39 is 0 Å². The predicted molar refractivity (Wildman–Crippen MR) is 54.9 cm³/mol. The van der Waals surface area contributed by atoms with Crippen molar-refractivity contribution in [3.8, 4) is 0 Å². The molecule has 0 N–H and O–H groups in total. The molecule has 0 unspecified atom stereocenters. The van der Waals surface area contributed by atoms with Crippen molar-refractivity contribution in [2.45, 2.75) is 26.3 Å². The van der Waals surface area contributed by atoms with Crippen molar-refractivity contribution in [1.82, 2.24) is 4.90 Å². The van der Waals surface area contributed by atoms with E-state index in [1.165, 1.54) is 5.57 Å². The second-order valence-electron chi connectivity index (χ2n) is 3.55. The zero-order valence-electron chi connectivity index (χ0n) is 8.66. The van der Waals surface area contributed by atoms with Gasteiger partial charge in [0.2, 0.25) is 0 Å². The van der Waals surface area contributed by atoms with Crippen LogP contribution >= 0.6 is 0 Å². The van der Waals surface area contributed by atoms with Crippen LogP contribution < -0.4 is 0 Å². The monoisotopic (exact) mass is 182 g/mol. The maximum absolute atomic E-state index is 4.65. The van der Waals surface area contributed by atoms with E-state index in [1.54, 1.807) is 13.3 Å². The predicted octanol–water partition coefficient (Wildman–Crippen LogP) is 1.66. The first-order chi connectivity index (χ1) is 6.24. The molecule has 0 saturated heterocycles. The van der Waals surface area contributed by atoms with Crippen molar-refractivity contribution < 1.29 is 4.84 Å². The van der Waals surface area contributed by atoms with Gasteiger partial charge in [-0.05, 0) is 25.8 Å². The Morgan fingerprint density at radius 1 is 1.62 bits per heavy atom. The summed E-state index contributed by atoms with van der Waals surface area (Å²) in [6.45, 7) is 6.58. The number of hydrogen-bond acceptors (Lipinski definition) is 3. The Kier molecular flexibility index (Phi) is 3.96. The highest BCUT2D eigenvalue weighted by molar-refractivity contribution is 5.78. The standard InChI is InChI=1S/C10H18N2O/c1-9(2)12-6-4-5-10(8-12)7-11-13-3/h5,7,9H,4,6,8H2,1-3H3. The zero-order valence-corrected chi connectivity index (χ0v) is 8.66. The number of oxime groups is 1. The first kappa shape index (κ1) is 10.3. The smallest absolute Gasteiger partial charge is 0.106 e. The fourth-order valence-electron chi connectivity index (χ4n) is 1.45. The molecule has 0 saturated carbocycles. The summed E-state index contributed by atoms with van der Waals surface area (Å²) in [6.07, 6.45) is 5.14. The zero-order chi connectivity index (χ0) is 9.68. The van der Waals surface area contributed by atoms with Gasteiger partial charge in [-0.1, -0.05) is 11.2 Å². The van der Waals surface area contributed by atoms with Gasteiger partial charge in [-0.15, -0.1) is 0 Å². The molecule has 74 valence electrons. The summed E-state index contributed by atoms with van der Waals surface area (Å²) in [5, 5.41) is 3.77. The summed E-state index contributed by atoms with van der Waals surface area (Å²) >= 11 is 0. The van der Waals surface area contributed by atoms with Gasteiger partial charge in [-0.3, -0.25) is 4.90 Å². The number of nitrogens with zero attached hydrogens (tertiary/aromatic N) is 2. The molecule has 1 rings (SSSR count). The molecule has 1 aliphatic heterocycles. The minimum Gasteiger partial charge on any atom is -0.399 e. The summed E-state index contributed by atoms with van der Waals surface area (Å²) in [5.41, 5.74) is 1.25. The van der Waals surface area contributed by atoms with Crippen LogP contribution in [0.4, 0.5) is 0 Å². The van der Waals surface area contributed by atoms with E-state index in [-0.39, 0.29) is 0 Å². The Balaban J connectivity index is 2.49. The van der Waals surface area contributed by atoms with Crippen molar-refractivity contribution in [2.24, 2.45) is 5.16 Å². The second-order valence-corrected chi connectivity index (χ2v) is 3.55. The molecular weight excluding hydrogens is 164 g/mol. The summed E-state index contributed by atoms with van der Waals surface area (Å²) < 4.78 is 0. The van der Waals surface area contributed by atoms with Crippen LogP contribution in [0.5, 0.6) is 0 Å². The largest absolute Gasteiger partial charge is 0.399 e. The first-order valence-corrected chi connectivity index (χ1v) is 4.73. The third kappa shape index (κ3) is 3.19. The molecule has 3 nitrogen and oxygen atoms in total. The fourth-order valence-corrected chi connectivity index (χ4v) is 1.45. The highest BCUT2D eigenvalue weighted by Crippen LogP contribution is 2.10. The Bertz CT molecular complexity index is 209. The summed E-state index contributed by atoms with van der Waals surface area (Å²) in [6, 6.07) is 0.611. The molecule has 3 heteroatoms. The molecule has 0 atom stereocenters. The molecule has 0 spiro atoms. The van der Waals surface area contributed by atoms with Crippen LogP contribution in [-0.2, 0) is 4.84 Å². The van der Waals surface area contributed by atoms with Crippen molar-refractivity contribution in [3.63, 3.8) is 0 Å². The molecule has 0 bridgehead atoms. The second kappa shape index (κ2) is 5.02. The van der Waals surface area contributed by atoms with E-state index in [4.69, 9.17) is 0 Å². The van der Waals surface area contributed by atoms with Gasteiger partial charge >= 0.3 is 0 Å². The van der Waals surface area contributed by atoms with Crippen molar-refractivity contribution in [3.05, 3.63) is 11.6 Å². The molecule has 0 aromatic heterocycles. The molecule has 0 aromatic rings. The Morgan fingerprint density at radius 2 is 2.38 bits per heavy atom. The lowest BCUT2D eigenvalue weighted by molar-refractivity contribution is 0.213. The van der Waals surface area contributed by atoms with Gasteiger partial charge in [0.1, 0.15) is 7.11 Å². The summed E-state index contributed by atoms with van der Waals surface area (Å²) in [4.78, 5) is 7.08. The Labute approximate surface area is 80.1 Å². The molecule has 1 aliphatic rings. The summed E-state index contributed by atoms with van der Waals surface area (Å²) in [7, 11) is 1.57. The van der Waals surface area contributed by atoms with E-state index >= 15 is 0 Å². The number of hydrogen-bond donors (Lipinski definition) is 0. The van der Waals surface area contributed by atoms with Crippen LogP contribution in [0, 0.1) is 0 Å². The van der Waals surface area contributed by atoms with E-state index in [9.17, 15) is 0 Å². The van der Waals surface area contributed by atoms with Crippen LogP contribution in [-0.4, -0.2) is 37.4 Å². The minimum atomic E-state index is 0.611. The Hall–Kier alpha value is -0.830. The third-order valence-corrected chi connectivity index (χ3v) is 2.26. The lowest BCUT2D eigenvalue weighted by Crippen LogP contribution is -2.36. The fraction of sp³-hybridized carbons (Fsp3) is 0.700.